The fraction of sp³-hybridized carbons (Fsp3) is 0.571. The first kappa shape index (κ1) is 17.6. The average Bonchev–Trinajstić information content (AvgIpc) is 2.31. The molecule has 6 heteroatoms. The molecule has 0 aliphatic heterocycles. The number of likely N-dealkylation sites (N-methyl/N-ethyl adjacent to an activating group) is 1. The van der Waals surface area contributed by atoms with Crippen LogP contribution in [0.15, 0.2) is 22.7 Å². The summed E-state index contributed by atoms with van der Waals surface area (Å²) in [6.07, 6.45) is 1.67. The summed E-state index contributed by atoms with van der Waals surface area (Å²) in [7, 11) is -3.24. The Kier molecular flexibility index (Phi) is 5.75. The maximum Gasteiger partial charge on any atom is 0.154 e. The van der Waals surface area contributed by atoms with Gasteiger partial charge in [-0.3, -0.25) is 0 Å². The van der Waals surface area contributed by atoms with Crippen LogP contribution in [0.3, 0.4) is 0 Å². The lowest BCUT2D eigenvalue weighted by atomic mass is 9.95. The van der Waals surface area contributed by atoms with Crippen molar-refractivity contribution in [1.29, 1.82) is 0 Å². The number of sulfone groups is 1. The third-order valence-electron chi connectivity index (χ3n) is 3.68. The van der Waals surface area contributed by atoms with Crippen LogP contribution in [0.25, 0.3) is 0 Å². The van der Waals surface area contributed by atoms with E-state index in [4.69, 9.17) is 0 Å². The maximum atomic E-state index is 13.4. The van der Waals surface area contributed by atoms with Crippen LogP contribution in [0.2, 0.25) is 0 Å². The van der Waals surface area contributed by atoms with Crippen LogP contribution in [0.5, 0.6) is 0 Å². The molecule has 1 unspecified atom stereocenters. The van der Waals surface area contributed by atoms with Gasteiger partial charge < -0.3 is 5.32 Å². The Morgan fingerprint density at radius 2 is 2.00 bits per heavy atom. The highest BCUT2D eigenvalue weighted by Gasteiger charge is 2.38. The highest BCUT2D eigenvalue weighted by Crippen LogP contribution is 2.26. The number of hydrogen-bond donors (Lipinski definition) is 1. The third kappa shape index (κ3) is 4.02. The van der Waals surface area contributed by atoms with E-state index < -0.39 is 14.6 Å². The van der Waals surface area contributed by atoms with Gasteiger partial charge in [0.05, 0.1) is 4.75 Å². The molecule has 20 heavy (non-hydrogen) atoms. The Labute approximate surface area is 129 Å². The molecule has 0 heterocycles. The van der Waals surface area contributed by atoms with E-state index in [1.807, 2.05) is 6.92 Å². The van der Waals surface area contributed by atoms with Crippen LogP contribution in [0, 0.1) is 5.82 Å². The molecule has 1 aromatic carbocycles. The fourth-order valence-corrected chi connectivity index (χ4v) is 3.08. The van der Waals surface area contributed by atoms with Crippen molar-refractivity contribution in [2.24, 2.45) is 0 Å². The van der Waals surface area contributed by atoms with E-state index in [9.17, 15) is 12.8 Å². The van der Waals surface area contributed by atoms with Crippen molar-refractivity contribution in [1.82, 2.24) is 5.32 Å². The summed E-state index contributed by atoms with van der Waals surface area (Å²) < 4.78 is 37.2. The zero-order chi connectivity index (χ0) is 15.6. The zero-order valence-electron chi connectivity index (χ0n) is 12.2. The molecule has 0 aliphatic carbocycles. The molecule has 1 N–H and O–H groups in total. The highest BCUT2D eigenvalue weighted by molar-refractivity contribution is 9.10. The van der Waals surface area contributed by atoms with Gasteiger partial charge in [-0.25, -0.2) is 12.8 Å². The fourth-order valence-electron chi connectivity index (χ4n) is 1.99. The minimum absolute atomic E-state index is 0.291. The summed E-state index contributed by atoms with van der Waals surface area (Å²) in [5, 5.41) is 3.20. The monoisotopic (exact) mass is 365 g/mol. The van der Waals surface area contributed by atoms with Crippen molar-refractivity contribution >= 4 is 25.8 Å². The molecule has 114 valence electrons. The summed E-state index contributed by atoms with van der Waals surface area (Å²) in [5.74, 6) is -0.324. The summed E-state index contributed by atoms with van der Waals surface area (Å²) in [4.78, 5) is 0. The molecule has 0 saturated carbocycles. The van der Waals surface area contributed by atoms with Gasteiger partial charge in [-0.1, -0.05) is 22.9 Å². The normalized spacial score (nSPS) is 14.3. The second-order valence-corrected chi connectivity index (χ2v) is 8.88. The van der Waals surface area contributed by atoms with Gasteiger partial charge in [0.15, 0.2) is 9.84 Å². The molecular weight excluding hydrogens is 345 g/mol. The summed E-state index contributed by atoms with van der Waals surface area (Å²) in [5.41, 5.74) is 0.757. The maximum absolute atomic E-state index is 13.4. The summed E-state index contributed by atoms with van der Waals surface area (Å²) in [6.45, 7) is 5.97. The largest absolute Gasteiger partial charge is 0.312 e. The minimum Gasteiger partial charge on any atom is -0.312 e. The van der Waals surface area contributed by atoms with Gasteiger partial charge in [-0.15, -0.1) is 0 Å². The molecule has 3 nitrogen and oxygen atoms in total. The lowest BCUT2D eigenvalue weighted by Gasteiger charge is -2.33. The van der Waals surface area contributed by atoms with E-state index in [-0.39, 0.29) is 11.9 Å². The van der Waals surface area contributed by atoms with Crippen LogP contribution >= 0.6 is 15.9 Å². The predicted molar refractivity (Wildman–Crippen MR) is 84.2 cm³/mol. The van der Waals surface area contributed by atoms with E-state index in [1.165, 1.54) is 18.4 Å². The quantitative estimate of drug-likeness (QED) is 0.842. The van der Waals surface area contributed by atoms with Gasteiger partial charge >= 0.3 is 0 Å². The number of nitrogens with one attached hydrogen (secondary N) is 1. The standard InChI is InChI=1S/C14H21BrFNO2S/c1-5-17-13(14(2,3)20(4,18)19)9-10-8-11(16)6-7-12(10)15/h6-8,13,17H,5,9H2,1-4H3. The Bertz CT molecular complexity index is 573. The Morgan fingerprint density at radius 1 is 1.40 bits per heavy atom. The van der Waals surface area contributed by atoms with Gasteiger partial charge in [0, 0.05) is 16.8 Å². The lowest BCUT2D eigenvalue weighted by Crippen LogP contribution is -2.52. The first-order chi connectivity index (χ1) is 9.09. The van der Waals surface area contributed by atoms with E-state index in [2.05, 4.69) is 21.2 Å². The molecule has 0 saturated heterocycles. The van der Waals surface area contributed by atoms with E-state index in [1.54, 1.807) is 19.9 Å². The zero-order valence-corrected chi connectivity index (χ0v) is 14.6. The minimum atomic E-state index is -3.24. The highest BCUT2D eigenvalue weighted by atomic mass is 79.9. The molecule has 0 bridgehead atoms. The van der Waals surface area contributed by atoms with Crippen LogP contribution in [0.1, 0.15) is 26.3 Å². The van der Waals surface area contributed by atoms with Crippen molar-refractivity contribution in [2.75, 3.05) is 12.8 Å². The SMILES string of the molecule is CCNC(Cc1cc(F)ccc1Br)C(C)(C)S(C)(=O)=O. The van der Waals surface area contributed by atoms with Crippen LogP contribution < -0.4 is 5.32 Å². The van der Waals surface area contributed by atoms with Crippen molar-refractivity contribution in [2.45, 2.75) is 38.0 Å². The van der Waals surface area contributed by atoms with Crippen molar-refractivity contribution < 1.29 is 12.8 Å². The van der Waals surface area contributed by atoms with Crippen LogP contribution in [-0.2, 0) is 16.3 Å². The van der Waals surface area contributed by atoms with E-state index >= 15 is 0 Å². The Hall–Kier alpha value is -0.460. The molecule has 0 fully saturated rings. The molecule has 0 spiro atoms. The van der Waals surface area contributed by atoms with Crippen molar-refractivity contribution in [3.8, 4) is 0 Å². The molecule has 0 aliphatic rings. The molecular formula is C14H21BrFNO2S. The average molecular weight is 366 g/mol. The van der Waals surface area contributed by atoms with Gasteiger partial charge in [0.1, 0.15) is 5.82 Å². The molecule has 1 aromatic rings. The lowest BCUT2D eigenvalue weighted by molar-refractivity contribution is 0.412. The summed E-state index contributed by atoms with van der Waals surface area (Å²) in [6, 6.07) is 4.16. The van der Waals surface area contributed by atoms with Crippen molar-refractivity contribution in [3.63, 3.8) is 0 Å². The first-order valence-corrected chi connectivity index (χ1v) is 9.15. The number of hydrogen-bond acceptors (Lipinski definition) is 3. The van der Waals surface area contributed by atoms with Crippen molar-refractivity contribution in [3.05, 3.63) is 34.1 Å². The summed E-state index contributed by atoms with van der Waals surface area (Å²) >= 11 is 3.38. The number of rotatable bonds is 6. The van der Waals surface area contributed by atoms with Gasteiger partial charge in [-0.05, 0) is 50.6 Å². The molecule has 0 aromatic heterocycles. The molecule has 0 amide bonds. The predicted octanol–water partition coefficient (Wildman–Crippen LogP) is 2.93. The molecule has 1 rings (SSSR count). The van der Waals surface area contributed by atoms with Gasteiger partial charge in [0.2, 0.25) is 0 Å². The van der Waals surface area contributed by atoms with E-state index in [0.29, 0.717) is 13.0 Å². The smallest absolute Gasteiger partial charge is 0.154 e. The van der Waals surface area contributed by atoms with Crippen LogP contribution in [-0.4, -0.2) is 32.0 Å². The number of halogens is 2. The number of benzene rings is 1. The first-order valence-electron chi connectivity index (χ1n) is 6.46. The Balaban J connectivity index is 3.13. The second-order valence-electron chi connectivity index (χ2n) is 5.43. The van der Waals surface area contributed by atoms with Gasteiger partial charge in [-0.2, -0.15) is 0 Å². The topological polar surface area (TPSA) is 46.2 Å². The molecule has 0 radical (unpaired) electrons. The van der Waals surface area contributed by atoms with Gasteiger partial charge in [0.25, 0.3) is 0 Å². The Morgan fingerprint density at radius 3 is 2.50 bits per heavy atom. The van der Waals surface area contributed by atoms with E-state index in [0.717, 1.165) is 10.0 Å². The van der Waals surface area contributed by atoms with Crippen LogP contribution in [0.4, 0.5) is 4.39 Å². The third-order valence-corrected chi connectivity index (χ3v) is 6.65. The second kappa shape index (κ2) is 6.54. The molecule has 1 atom stereocenters.